The van der Waals surface area contributed by atoms with E-state index in [2.05, 4.69) is 15.1 Å². The second-order valence-corrected chi connectivity index (χ2v) is 7.27. The molecule has 3 fully saturated rings. The molecule has 3 rings (SSSR count). The number of likely N-dealkylation sites (tertiary alicyclic amines) is 1. The van der Waals surface area contributed by atoms with Gasteiger partial charge in [0.2, 0.25) is 5.91 Å². The van der Waals surface area contributed by atoms with Gasteiger partial charge in [-0.25, -0.2) is 0 Å². The molecule has 5 nitrogen and oxygen atoms in total. The molecule has 3 unspecified atom stereocenters. The van der Waals surface area contributed by atoms with Crippen molar-refractivity contribution in [1.29, 1.82) is 0 Å². The highest BCUT2D eigenvalue weighted by molar-refractivity contribution is 5.80. The normalized spacial score (nSPS) is 35.1. The number of hydrogen-bond donors (Lipinski definition) is 2. The molecule has 22 heavy (non-hydrogen) atoms. The van der Waals surface area contributed by atoms with Crippen LogP contribution in [0, 0.1) is 5.92 Å². The molecule has 0 aromatic heterocycles. The second-order valence-electron chi connectivity index (χ2n) is 7.27. The summed E-state index contributed by atoms with van der Waals surface area (Å²) >= 11 is 0. The first kappa shape index (κ1) is 16.2. The highest BCUT2D eigenvalue weighted by Gasteiger charge is 2.35. The van der Waals surface area contributed by atoms with Gasteiger partial charge in [0.1, 0.15) is 0 Å². The molecule has 2 aliphatic heterocycles. The zero-order valence-electron chi connectivity index (χ0n) is 13.8. The Bertz CT molecular complexity index is 370. The van der Waals surface area contributed by atoms with Gasteiger partial charge in [-0.1, -0.05) is 25.7 Å². The fourth-order valence-corrected chi connectivity index (χ4v) is 4.34. The van der Waals surface area contributed by atoms with Crippen LogP contribution in [0.3, 0.4) is 0 Å². The van der Waals surface area contributed by atoms with Gasteiger partial charge in [0.05, 0.1) is 5.92 Å². The van der Waals surface area contributed by atoms with Crippen molar-refractivity contribution in [2.24, 2.45) is 11.7 Å². The molecule has 0 aromatic rings. The number of nitrogens with two attached hydrogens (primary N) is 1. The molecule has 3 atom stereocenters. The lowest BCUT2D eigenvalue weighted by Gasteiger charge is -2.33. The molecular formula is C17H32N4O. The Kier molecular flexibility index (Phi) is 5.71. The minimum atomic E-state index is 0.0714. The Labute approximate surface area is 134 Å². The summed E-state index contributed by atoms with van der Waals surface area (Å²) in [6, 6.07) is 0.641. The van der Waals surface area contributed by atoms with Gasteiger partial charge in [-0.3, -0.25) is 9.69 Å². The maximum absolute atomic E-state index is 12.9. The van der Waals surface area contributed by atoms with Gasteiger partial charge < -0.3 is 16.0 Å². The topological polar surface area (TPSA) is 61.6 Å². The van der Waals surface area contributed by atoms with Crippen molar-refractivity contribution < 1.29 is 4.79 Å². The maximum atomic E-state index is 12.9. The van der Waals surface area contributed by atoms with E-state index in [1.165, 1.54) is 25.7 Å². The molecule has 0 spiro atoms. The van der Waals surface area contributed by atoms with Crippen molar-refractivity contribution in [3.05, 3.63) is 0 Å². The summed E-state index contributed by atoms with van der Waals surface area (Å²) in [6.45, 7) is 6.25. The van der Waals surface area contributed by atoms with E-state index in [-0.39, 0.29) is 12.0 Å². The van der Waals surface area contributed by atoms with Gasteiger partial charge in [-0.15, -0.1) is 0 Å². The number of rotatable bonds is 2. The minimum absolute atomic E-state index is 0.0714. The van der Waals surface area contributed by atoms with Crippen LogP contribution >= 0.6 is 0 Å². The highest BCUT2D eigenvalue weighted by atomic mass is 16.2. The number of carbonyl (C=O) groups is 1. The first-order valence-electron chi connectivity index (χ1n) is 9.25. The van der Waals surface area contributed by atoms with Crippen LogP contribution in [0.5, 0.6) is 0 Å². The summed E-state index contributed by atoms with van der Waals surface area (Å²) in [5.41, 5.74) is 6.33. The Morgan fingerprint density at radius 1 is 0.955 bits per heavy atom. The number of nitrogens with zero attached hydrogens (tertiary/aromatic N) is 2. The van der Waals surface area contributed by atoms with E-state index >= 15 is 0 Å². The largest absolute Gasteiger partial charge is 0.341 e. The second kappa shape index (κ2) is 7.75. The summed E-state index contributed by atoms with van der Waals surface area (Å²) in [5.74, 6) is 0.411. The predicted octanol–water partition coefficient (Wildman–Crippen LogP) is 0.790. The first-order chi connectivity index (χ1) is 10.8. The van der Waals surface area contributed by atoms with Crippen molar-refractivity contribution in [1.82, 2.24) is 15.1 Å². The summed E-state index contributed by atoms with van der Waals surface area (Å²) in [5, 5.41) is 3.40. The van der Waals surface area contributed by atoms with Crippen molar-refractivity contribution in [3.8, 4) is 0 Å². The smallest absolute Gasteiger partial charge is 0.227 e. The molecule has 3 aliphatic rings. The van der Waals surface area contributed by atoms with Gasteiger partial charge in [0, 0.05) is 51.4 Å². The molecule has 0 radical (unpaired) electrons. The molecule has 0 bridgehead atoms. The molecule has 5 heteroatoms. The third-order valence-electron chi connectivity index (χ3n) is 5.78. The van der Waals surface area contributed by atoms with E-state index < -0.39 is 0 Å². The molecular weight excluding hydrogens is 276 g/mol. The summed E-state index contributed by atoms with van der Waals surface area (Å²) in [6.07, 6.45) is 8.05. The molecule has 3 N–H and O–H groups in total. The number of nitrogens with one attached hydrogen (secondary N) is 1. The number of piperazine rings is 1. The molecule has 1 amide bonds. The zero-order chi connectivity index (χ0) is 15.4. The molecule has 2 saturated heterocycles. The number of hydrogen-bond acceptors (Lipinski definition) is 4. The van der Waals surface area contributed by atoms with Gasteiger partial charge >= 0.3 is 0 Å². The Morgan fingerprint density at radius 3 is 2.45 bits per heavy atom. The van der Waals surface area contributed by atoms with Crippen molar-refractivity contribution >= 4 is 5.91 Å². The third-order valence-corrected chi connectivity index (χ3v) is 5.78. The minimum Gasteiger partial charge on any atom is -0.341 e. The maximum Gasteiger partial charge on any atom is 0.227 e. The molecule has 1 saturated carbocycles. The predicted molar refractivity (Wildman–Crippen MR) is 88.6 cm³/mol. The Morgan fingerprint density at radius 2 is 1.68 bits per heavy atom. The lowest BCUT2D eigenvalue weighted by atomic mass is 9.86. The highest BCUT2D eigenvalue weighted by Crippen LogP contribution is 2.26. The van der Waals surface area contributed by atoms with E-state index in [0.29, 0.717) is 11.9 Å². The average Bonchev–Trinajstić information content (AvgIpc) is 3.02. The van der Waals surface area contributed by atoms with E-state index in [1.807, 2.05) is 0 Å². The van der Waals surface area contributed by atoms with Crippen molar-refractivity contribution in [3.63, 3.8) is 0 Å². The summed E-state index contributed by atoms with van der Waals surface area (Å²) in [7, 11) is 0. The van der Waals surface area contributed by atoms with Gasteiger partial charge in [-0.05, 0) is 19.3 Å². The first-order valence-corrected chi connectivity index (χ1v) is 9.25. The molecule has 1 aliphatic carbocycles. The van der Waals surface area contributed by atoms with Crippen LogP contribution in [0.2, 0.25) is 0 Å². The van der Waals surface area contributed by atoms with E-state index in [4.69, 9.17) is 5.73 Å². The molecule has 126 valence electrons. The zero-order valence-corrected chi connectivity index (χ0v) is 13.8. The van der Waals surface area contributed by atoms with Crippen LogP contribution in [0.15, 0.2) is 0 Å². The number of carbonyl (C=O) groups excluding carboxylic acids is 1. The van der Waals surface area contributed by atoms with Crippen LogP contribution in [-0.2, 0) is 4.79 Å². The van der Waals surface area contributed by atoms with Crippen LogP contribution in [-0.4, -0.2) is 67.1 Å². The fraction of sp³-hybridized carbons (Fsp3) is 0.941. The average molecular weight is 308 g/mol. The fourth-order valence-electron chi connectivity index (χ4n) is 4.34. The Hall–Kier alpha value is -0.650. The van der Waals surface area contributed by atoms with E-state index in [9.17, 15) is 4.79 Å². The number of amides is 1. The summed E-state index contributed by atoms with van der Waals surface area (Å²) < 4.78 is 0. The van der Waals surface area contributed by atoms with Crippen LogP contribution < -0.4 is 11.1 Å². The quantitative estimate of drug-likeness (QED) is 0.792. The van der Waals surface area contributed by atoms with Gasteiger partial charge in [0.15, 0.2) is 0 Å². The van der Waals surface area contributed by atoms with Crippen molar-refractivity contribution in [2.45, 2.75) is 57.0 Å². The Balaban J connectivity index is 1.55. The van der Waals surface area contributed by atoms with Crippen molar-refractivity contribution in [2.75, 3.05) is 39.3 Å². The standard InChI is InChI=1S/C17H32N4O/c18-16-6-4-2-1-3-5-15(16)17(22)21-10-7-14(13-21)20-11-8-19-9-12-20/h14-16,19H,1-13,18H2. The van der Waals surface area contributed by atoms with Crippen LogP contribution in [0.1, 0.15) is 44.9 Å². The lowest BCUT2D eigenvalue weighted by molar-refractivity contribution is -0.135. The monoisotopic (exact) mass is 308 g/mol. The van der Waals surface area contributed by atoms with E-state index in [1.54, 1.807) is 0 Å². The van der Waals surface area contributed by atoms with Crippen LogP contribution in [0.25, 0.3) is 0 Å². The molecule has 0 aromatic carbocycles. The van der Waals surface area contributed by atoms with Crippen LogP contribution in [0.4, 0.5) is 0 Å². The molecule has 2 heterocycles. The lowest BCUT2D eigenvalue weighted by Crippen LogP contribution is -2.50. The summed E-state index contributed by atoms with van der Waals surface area (Å²) in [4.78, 5) is 17.6. The third kappa shape index (κ3) is 3.81. The SMILES string of the molecule is NC1CCCCCCC1C(=O)N1CCC(N2CCNCC2)C1. The van der Waals surface area contributed by atoms with Gasteiger partial charge in [0.25, 0.3) is 0 Å². The van der Waals surface area contributed by atoms with E-state index in [0.717, 1.165) is 58.5 Å². The van der Waals surface area contributed by atoms with Gasteiger partial charge in [-0.2, -0.15) is 0 Å².